The van der Waals surface area contributed by atoms with Gasteiger partial charge in [-0.15, -0.1) is 0 Å². The third-order valence-corrected chi connectivity index (χ3v) is 1.99. The van der Waals surface area contributed by atoms with E-state index in [0.717, 1.165) is 0 Å². The molecular formula is C10H8ClN3O2. The van der Waals surface area contributed by atoms with Crippen LogP contribution in [0.1, 0.15) is 16.3 Å². The number of halogens is 1. The minimum Gasteiger partial charge on any atom is -0.456 e. The number of carbonyl (C=O) groups is 1. The third-order valence-electron chi connectivity index (χ3n) is 1.81. The van der Waals surface area contributed by atoms with Crippen molar-refractivity contribution in [2.45, 2.75) is 6.92 Å². The highest BCUT2D eigenvalue weighted by molar-refractivity contribution is 6.29. The molecule has 0 aliphatic heterocycles. The Morgan fingerprint density at radius 2 is 2.25 bits per heavy atom. The molecule has 16 heavy (non-hydrogen) atoms. The number of hydrogen-bond donors (Lipinski definition) is 1. The number of hydrogen-bond acceptors (Lipinski definition) is 4. The molecule has 0 saturated carbocycles. The normalized spacial score (nSPS) is 10.1. The van der Waals surface area contributed by atoms with Gasteiger partial charge in [0.2, 0.25) is 0 Å². The molecule has 2 aromatic heterocycles. The van der Waals surface area contributed by atoms with Crippen LogP contribution in [-0.4, -0.2) is 15.9 Å². The number of aromatic nitrogens is 2. The first-order valence-corrected chi connectivity index (χ1v) is 4.88. The maximum absolute atomic E-state index is 11.6. The van der Waals surface area contributed by atoms with Crippen LogP contribution in [0.2, 0.25) is 5.15 Å². The number of amides is 1. The summed E-state index contributed by atoms with van der Waals surface area (Å²) in [4.78, 5) is 19.3. The number of carbonyl (C=O) groups excluding carboxylic acids is 1. The van der Waals surface area contributed by atoms with Crippen LogP contribution in [0.15, 0.2) is 28.9 Å². The molecule has 0 bridgehead atoms. The van der Waals surface area contributed by atoms with Crippen molar-refractivity contribution in [2.75, 3.05) is 5.32 Å². The summed E-state index contributed by atoms with van der Waals surface area (Å²) in [5.41, 5.74) is 0. The van der Waals surface area contributed by atoms with E-state index in [1.165, 1.54) is 12.4 Å². The molecule has 0 fully saturated rings. The molecule has 6 heteroatoms. The Morgan fingerprint density at radius 1 is 1.44 bits per heavy atom. The first-order chi connectivity index (χ1) is 7.65. The molecule has 0 unspecified atom stereocenters. The van der Waals surface area contributed by atoms with Gasteiger partial charge in [0.25, 0.3) is 5.91 Å². The standard InChI is InChI=1S/C10H8ClN3O2/c1-6-2-3-7(16-6)10(15)14-9-5-12-4-8(11)13-9/h2-5H,1H3,(H,13,14,15). The second-order valence-corrected chi connectivity index (χ2v) is 3.48. The van der Waals surface area contributed by atoms with Gasteiger partial charge < -0.3 is 9.73 Å². The highest BCUT2D eigenvalue weighted by atomic mass is 35.5. The summed E-state index contributed by atoms with van der Waals surface area (Å²) in [6.07, 6.45) is 2.79. The van der Waals surface area contributed by atoms with E-state index in [4.69, 9.17) is 16.0 Å². The summed E-state index contributed by atoms with van der Waals surface area (Å²) in [5.74, 6) is 0.790. The topological polar surface area (TPSA) is 68.0 Å². The zero-order valence-corrected chi connectivity index (χ0v) is 9.15. The fourth-order valence-corrected chi connectivity index (χ4v) is 1.28. The molecule has 0 aromatic carbocycles. The molecule has 2 aromatic rings. The molecule has 2 rings (SSSR count). The number of anilines is 1. The quantitative estimate of drug-likeness (QED) is 0.870. The maximum atomic E-state index is 11.6. The molecule has 0 radical (unpaired) electrons. The van der Waals surface area contributed by atoms with Gasteiger partial charge in [-0.2, -0.15) is 0 Å². The lowest BCUT2D eigenvalue weighted by Crippen LogP contribution is -2.12. The Hall–Kier alpha value is -1.88. The fraction of sp³-hybridized carbons (Fsp3) is 0.100. The monoisotopic (exact) mass is 237 g/mol. The largest absolute Gasteiger partial charge is 0.456 e. The van der Waals surface area contributed by atoms with Crippen LogP contribution >= 0.6 is 11.6 Å². The predicted molar refractivity (Wildman–Crippen MR) is 58.4 cm³/mol. The number of rotatable bonds is 2. The second-order valence-electron chi connectivity index (χ2n) is 3.09. The minimum atomic E-state index is -0.385. The second kappa shape index (κ2) is 4.32. The zero-order chi connectivity index (χ0) is 11.5. The van der Waals surface area contributed by atoms with Crippen LogP contribution in [0.25, 0.3) is 0 Å². The Balaban J connectivity index is 2.13. The van der Waals surface area contributed by atoms with Crippen molar-refractivity contribution in [1.29, 1.82) is 0 Å². The van der Waals surface area contributed by atoms with Crippen LogP contribution < -0.4 is 5.32 Å². The molecule has 0 atom stereocenters. The first-order valence-electron chi connectivity index (χ1n) is 4.50. The van der Waals surface area contributed by atoms with Gasteiger partial charge in [0.1, 0.15) is 10.9 Å². The molecule has 0 aliphatic carbocycles. The van der Waals surface area contributed by atoms with E-state index >= 15 is 0 Å². The van der Waals surface area contributed by atoms with Gasteiger partial charge >= 0.3 is 0 Å². The molecule has 0 spiro atoms. The van der Waals surface area contributed by atoms with Gasteiger partial charge in [0, 0.05) is 0 Å². The summed E-state index contributed by atoms with van der Waals surface area (Å²) in [6.45, 7) is 1.76. The Morgan fingerprint density at radius 3 is 2.88 bits per heavy atom. The van der Waals surface area contributed by atoms with Crippen molar-refractivity contribution in [2.24, 2.45) is 0 Å². The van der Waals surface area contributed by atoms with E-state index in [1.54, 1.807) is 19.1 Å². The van der Waals surface area contributed by atoms with Gasteiger partial charge in [0.05, 0.1) is 12.4 Å². The molecule has 1 amide bonds. The van der Waals surface area contributed by atoms with Crippen molar-refractivity contribution in [3.8, 4) is 0 Å². The first kappa shape index (κ1) is 10.6. The van der Waals surface area contributed by atoms with E-state index in [0.29, 0.717) is 5.76 Å². The molecule has 5 nitrogen and oxygen atoms in total. The Bertz CT molecular complexity index is 524. The number of furan rings is 1. The van der Waals surface area contributed by atoms with Gasteiger partial charge in [-0.1, -0.05) is 11.6 Å². The summed E-state index contributed by atoms with van der Waals surface area (Å²) in [6, 6.07) is 3.29. The van der Waals surface area contributed by atoms with Crippen LogP contribution in [-0.2, 0) is 0 Å². The molecule has 1 N–H and O–H groups in total. The lowest BCUT2D eigenvalue weighted by Gasteiger charge is -2.01. The highest BCUT2D eigenvalue weighted by Crippen LogP contribution is 2.11. The van der Waals surface area contributed by atoms with Crippen molar-refractivity contribution in [3.63, 3.8) is 0 Å². The van der Waals surface area contributed by atoms with E-state index in [-0.39, 0.29) is 22.6 Å². The van der Waals surface area contributed by atoms with Crippen molar-refractivity contribution >= 4 is 23.3 Å². The Labute approximate surface area is 96.5 Å². The van der Waals surface area contributed by atoms with Crippen molar-refractivity contribution < 1.29 is 9.21 Å². The summed E-state index contributed by atoms with van der Waals surface area (Å²) in [5, 5.41) is 2.74. The molecule has 82 valence electrons. The summed E-state index contributed by atoms with van der Waals surface area (Å²) in [7, 11) is 0. The van der Waals surface area contributed by atoms with Crippen LogP contribution in [0, 0.1) is 6.92 Å². The Kier molecular flexibility index (Phi) is 2.87. The van der Waals surface area contributed by atoms with E-state index < -0.39 is 0 Å². The number of aryl methyl sites for hydroxylation is 1. The van der Waals surface area contributed by atoms with Gasteiger partial charge in [0.15, 0.2) is 11.6 Å². The predicted octanol–water partition coefficient (Wildman–Crippen LogP) is 2.28. The van der Waals surface area contributed by atoms with E-state index in [1.807, 2.05) is 0 Å². The number of nitrogens with zero attached hydrogens (tertiary/aromatic N) is 2. The average molecular weight is 238 g/mol. The van der Waals surface area contributed by atoms with E-state index in [2.05, 4.69) is 15.3 Å². The van der Waals surface area contributed by atoms with Gasteiger partial charge in [-0.25, -0.2) is 4.98 Å². The van der Waals surface area contributed by atoms with Gasteiger partial charge in [-0.3, -0.25) is 9.78 Å². The molecule has 2 heterocycles. The van der Waals surface area contributed by atoms with Crippen molar-refractivity contribution in [3.05, 3.63) is 41.2 Å². The fourth-order valence-electron chi connectivity index (χ4n) is 1.14. The van der Waals surface area contributed by atoms with E-state index in [9.17, 15) is 4.79 Å². The number of nitrogens with one attached hydrogen (secondary N) is 1. The smallest absolute Gasteiger partial charge is 0.292 e. The van der Waals surface area contributed by atoms with Gasteiger partial charge in [-0.05, 0) is 19.1 Å². The zero-order valence-electron chi connectivity index (χ0n) is 8.40. The highest BCUT2D eigenvalue weighted by Gasteiger charge is 2.10. The third kappa shape index (κ3) is 2.38. The summed E-state index contributed by atoms with van der Waals surface area (Å²) < 4.78 is 5.15. The maximum Gasteiger partial charge on any atom is 0.292 e. The van der Waals surface area contributed by atoms with Crippen molar-refractivity contribution in [1.82, 2.24) is 9.97 Å². The summed E-state index contributed by atoms with van der Waals surface area (Å²) >= 11 is 5.63. The SMILES string of the molecule is Cc1ccc(C(=O)Nc2cncc(Cl)n2)o1. The molecule has 0 aliphatic rings. The van der Waals surface area contributed by atoms with Crippen LogP contribution in [0.3, 0.4) is 0 Å². The van der Waals surface area contributed by atoms with Crippen LogP contribution in [0.5, 0.6) is 0 Å². The molecular weight excluding hydrogens is 230 g/mol. The average Bonchev–Trinajstić information content (AvgIpc) is 2.65. The molecule has 0 saturated heterocycles. The lowest BCUT2D eigenvalue weighted by molar-refractivity contribution is 0.0995. The minimum absolute atomic E-state index is 0.216. The van der Waals surface area contributed by atoms with Crippen LogP contribution in [0.4, 0.5) is 5.82 Å². The lowest BCUT2D eigenvalue weighted by atomic mass is 10.4.